The summed E-state index contributed by atoms with van der Waals surface area (Å²) in [6, 6.07) is 15.2. The van der Waals surface area contributed by atoms with Gasteiger partial charge in [0, 0.05) is 19.0 Å². The van der Waals surface area contributed by atoms with Crippen molar-refractivity contribution in [2.45, 2.75) is 44.8 Å². The van der Waals surface area contributed by atoms with Gasteiger partial charge in [-0.3, -0.25) is 9.59 Å². The molecule has 8 nitrogen and oxygen atoms in total. The van der Waals surface area contributed by atoms with Crippen LogP contribution in [-0.2, 0) is 14.3 Å². The Bertz CT molecular complexity index is 1060. The second-order valence-electron chi connectivity index (χ2n) is 9.82. The van der Waals surface area contributed by atoms with Crippen molar-refractivity contribution in [2.75, 3.05) is 19.7 Å². The molecule has 4 rings (SSSR count). The van der Waals surface area contributed by atoms with E-state index in [0.717, 1.165) is 22.3 Å². The van der Waals surface area contributed by atoms with Crippen LogP contribution in [0.1, 0.15) is 43.7 Å². The first-order valence-electron chi connectivity index (χ1n) is 12.1. The molecular weight excluding hydrogens is 448 g/mol. The first-order chi connectivity index (χ1) is 16.7. The van der Waals surface area contributed by atoms with E-state index in [2.05, 4.69) is 17.4 Å². The van der Waals surface area contributed by atoms with Gasteiger partial charge in [-0.1, -0.05) is 62.4 Å². The molecule has 35 heavy (non-hydrogen) atoms. The summed E-state index contributed by atoms with van der Waals surface area (Å²) in [5, 5.41) is 22.1. The maximum atomic E-state index is 13.2. The van der Waals surface area contributed by atoms with Crippen LogP contribution in [0.15, 0.2) is 48.5 Å². The molecule has 0 bridgehead atoms. The number of amides is 2. The second-order valence-corrected chi connectivity index (χ2v) is 9.82. The smallest absolute Gasteiger partial charge is 0.407 e. The van der Waals surface area contributed by atoms with Gasteiger partial charge in [0.1, 0.15) is 12.6 Å². The predicted octanol–water partition coefficient (Wildman–Crippen LogP) is 3.23. The Hall–Kier alpha value is -3.39. The van der Waals surface area contributed by atoms with Crippen LogP contribution in [0, 0.1) is 11.8 Å². The molecule has 0 spiro atoms. The van der Waals surface area contributed by atoms with Crippen LogP contribution in [0.3, 0.4) is 0 Å². The molecule has 1 aliphatic heterocycles. The number of nitrogens with one attached hydrogen (secondary N) is 1. The molecule has 8 heteroatoms. The standard InChI is InChI=1S/C27H32N2O6/c1-16(2)11-24(25(31)29-13-17(26(32)33)12-18(30)14-29)28-27(34)35-15-23-21-9-5-3-7-19(21)20-8-4-6-10-22(20)23/h3-10,16-18,23-24,30H,11-15H2,1-2H3,(H,28,34)(H,32,33)/t17?,18?,24-/m0/s1. The lowest BCUT2D eigenvalue weighted by Crippen LogP contribution is -2.55. The Morgan fingerprint density at radius 2 is 1.63 bits per heavy atom. The number of alkyl carbamates (subject to hydrolysis) is 1. The third-order valence-electron chi connectivity index (χ3n) is 6.73. The largest absolute Gasteiger partial charge is 0.481 e. The van der Waals surface area contributed by atoms with Crippen molar-refractivity contribution in [1.82, 2.24) is 10.2 Å². The summed E-state index contributed by atoms with van der Waals surface area (Å²) >= 11 is 0. The van der Waals surface area contributed by atoms with Gasteiger partial charge < -0.3 is 25.2 Å². The third kappa shape index (κ3) is 5.48. The maximum Gasteiger partial charge on any atom is 0.407 e. The van der Waals surface area contributed by atoms with Crippen LogP contribution < -0.4 is 5.32 Å². The van der Waals surface area contributed by atoms with E-state index < -0.39 is 36.0 Å². The van der Waals surface area contributed by atoms with Gasteiger partial charge in [-0.05, 0) is 41.0 Å². The number of benzene rings is 2. The molecule has 0 radical (unpaired) electrons. The minimum absolute atomic E-state index is 0.00614. The number of likely N-dealkylation sites (tertiary alicyclic amines) is 1. The molecule has 2 aliphatic rings. The fourth-order valence-corrected chi connectivity index (χ4v) is 5.13. The van der Waals surface area contributed by atoms with Crippen LogP contribution in [0.25, 0.3) is 11.1 Å². The normalized spacial score (nSPS) is 20.2. The molecule has 1 saturated heterocycles. The number of hydrogen-bond acceptors (Lipinski definition) is 5. The van der Waals surface area contributed by atoms with Gasteiger partial charge in [0.25, 0.3) is 0 Å². The lowest BCUT2D eigenvalue weighted by Gasteiger charge is -2.36. The quantitative estimate of drug-likeness (QED) is 0.560. The van der Waals surface area contributed by atoms with Gasteiger partial charge >= 0.3 is 12.1 Å². The van der Waals surface area contributed by atoms with Crippen LogP contribution >= 0.6 is 0 Å². The van der Waals surface area contributed by atoms with Crippen molar-refractivity contribution in [1.29, 1.82) is 0 Å². The number of hydrogen-bond donors (Lipinski definition) is 3. The average Bonchev–Trinajstić information content (AvgIpc) is 3.15. The van der Waals surface area contributed by atoms with Gasteiger partial charge in [-0.15, -0.1) is 0 Å². The van der Waals surface area contributed by atoms with Crippen molar-refractivity contribution >= 4 is 18.0 Å². The molecule has 0 saturated carbocycles. The maximum absolute atomic E-state index is 13.2. The Labute approximate surface area is 204 Å². The molecule has 3 atom stereocenters. The molecule has 1 fully saturated rings. The van der Waals surface area contributed by atoms with E-state index in [4.69, 9.17) is 4.74 Å². The molecular formula is C27H32N2O6. The number of aliphatic carboxylic acids is 1. The zero-order valence-electron chi connectivity index (χ0n) is 20.0. The summed E-state index contributed by atoms with van der Waals surface area (Å²) in [4.78, 5) is 38.8. The molecule has 2 amide bonds. The molecule has 186 valence electrons. The molecule has 1 heterocycles. The van der Waals surface area contributed by atoms with Crippen LogP contribution in [0.5, 0.6) is 0 Å². The molecule has 0 aromatic heterocycles. The first-order valence-corrected chi connectivity index (χ1v) is 12.1. The first kappa shape index (κ1) is 24.7. The highest BCUT2D eigenvalue weighted by Crippen LogP contribution is 2.44. The molecule has 2 aromatic rings. The van der Waals surface area contributed by atoms with Crippen molar-refractivity contribution < 1.29 is 29.3 Å². The van der Waals surface area contributed by atoms with Crippen molar-refractivity contribution in [2.24, 2.45) is 11.8 Å². The second kappa shape index (κ2) is 10.5. The summed E-state index contributed by atoms with van der Waals surface area (Å²) in [5.74, 6) is -2.29. The zero-order chi connectivity index (χ0) is 25.1. The van der Waals surface area contributed by atoms with Gasteiger partial charge in [-0.25, -0.2) is 4.79 Å². The number of nitrogens with zero attached hydrogens (tertiary/aromatic N) is 1. The lowest BCUT2D eigenvalue weighted by molar-refractivity contribution is -0.149. The Kier molecular flexibility index (Phi) is 7.40. The monoisotopic (exact) mass is 480 g/mol. The number of carbonyl (C=O) groups is 3. The van der Waals surface area contributed by atoms with Gasteiger partial charge in [0.2, 0.25) is 5.91 Å². The molecule has 3 N–H and O–H groups in total. The van der Waals surface area contributed by atoms with Crippen molar-refractivity contribution in [3.63, 3.8) is 0 Å². The number of β-amino-alcohol motifs (C(OH)–C–C–N with tert-alkyl or cyclic N) is 1. The summed E-state index contributed by atoms with van der Waals surface area (Å²) in [7, 11) is 0. The minimum Gasteiger partial charge on any atom is -0.481 e. The highest BCUT2D eigenvalue weighted by atomic mass is 16.5. The van der Waals surface area contributed by atoms with Crippen LogP contribution in [0.2, 0.25) is 0 Å². The number of carboxylic acid groups (broad SMARTS) is 1. The average molecular weight is 481 g/mol. The third-order valence-corrected chi connectivity index (χ3v) is 6.73. The summed E-state index contributed by atoms with van der Waals surface area (Å²) in [6.45, 7) is 4.05. The number of carbonyl (C=O) groups excluding carboxylic acids is 2. The highest BCUT2D eigenvalue weighted by Gasteiger charge is 2.36. The van der Waals surface area contributed by atoms with Gasteiger partial charge in [-0.2, -0.15) is 0 Å². The Balaban J connectivity index is 1.43. The van der Waals surface area contributed by atoms with Crippen molar-refractivity contribution in [3.05, 3.63) is 59.7 Å². The van der Waals surface area contributed by atoms with Crippen LogP contribution in [-0.4, -0.2) is 64.9 Å². The number of ether oxygens (including phenoxy) is 1. The topological polar surface area (TPSA) is 116 Å². The van der Waals surface area contributed by atoms with E-state index in [1.807, 2.05) is 50.2 Å². The highest BCUT2D eigenvalue weighted by molar-refractivity contribution is 5.86. The summed E-state index contributed by atoms with van der Waals surface area (Å²) < 4.78 is 5.61. The zero-order valence-corrected chi connectivity index (χ0v) is 20.0. The Morgan fingerprint density at radius 3 is 2.20 bits per heavy atom. The van der Waals surface area contributed by atoms with Crippen molar-refractivity contribution in [3.8, 4) is 11.1 Å². The fraction of sp³-hybridized carbons (Fsp3) is 0.444. The van der Waals surface area contributed by atoms with Crippen LogP contribution in [0.4, 0.5) is 4.79 Å². The lowest BCUT2D eigenvalue weighted by atomic mass is 9.94. The number of piperidine rings is 1. The number of rotatable bonds is 7. The minimum atomic E-state index is -1.05. The molecule has 2 aromatic carbocycles. The summed E-state index contributed by atoms with van der Waals surface area (Å²) in [6.07, 6.45) is -1.14. The van der Waals surface area contributed by atoms with E-state index in [1.165, 1.54) is 4.90 Å². The number of aliphatic hydroxyl groups excluding tert-OH is 1. The predicted molar refractivity (Wildman–Crippen MR) is 130 cm³/mol. The number of carboxylic acids is 1. The fourth-order valence-electron chi connectivity index (χ4n) is 5.13. The van der Waals surface area contributed by atoms with Gasteiger partial charge in [0.15, 0.2) is 0 Å². The molecule has 1 aliphatic carbocycles. The summed E-state index contributed by atoms with van der Waals surface area (Å²) in [5.41, 5.74) is 4.44. The van der Waals surface area contributed by atoms with E-state index in [-0.39, 0.29) is 38.0 Å². The van der Waals surface area contributed by atoms with E-state index in [1.54, 1.807) is 0 Å². The number of aliphatic hydroxyl groups is 1. The molecule has 2 unspecified atom stereocenters. The van der Waals surface area contributed by atoms with E-state index >= 15 is 0 Å². The van der Waals surface area contributed by atoms with E-state index in [0.29, 0.717) is 6.42 Å². The van der Waals surface area contributed by atoms with E-state index in [9.17, 15) is 24.6 Å². The van der Waals surface area contributed by atoms with Gasteiger partial charge in [0.05, 0.1) is 12.0 Å². The Morgan fingerprint density at radius 1 is 1.03 bits per heavy atom. The number of fused-ring (bicyclic) bond motifs is 3. The SMILES string of the molecule is CC(C)C[C@H](NC(=O)OCC1c2ccccc2-c2ccccc21)C(=O)N1CC(O)CC(C(=O)O)C1.